The topological polar surface area (TPSA) is 38.8 Å². The summed E-state index contributed by atoms with van der Waals surface area (Å²) in [6, 6.07) is 25.6. The summed E-state index contributed by atoms with van der Waals surface area (Å²) in [4.78, 5) is 14.1. The molecule has 0 N–H and O–H groups in total. The van der Waals surface area contributed by atoms with Gasteiger partial charge in [-0.15, -0.1) is 0 Å². The zero-order chi connectivity index (χ0) is 53.8. The molecule has 4 nitrogen and oxygen atoms in total. The molecular weight excluding hydrogens is 1070 g/mol. The van der Waals surface area contributed by atoms with E-state index in [1.165, 1.54) is 5.56 Å². The first-order chi connectivity index (χ1) is 43.7. The Kier molecular flexibility index (Phi) is 3.79. The molecule has 1 aliphatic heterocycles. The van der Waals surface area contributed by atoms with Crippen LogP contribution in [0.2, 0.25) is 0 Å². The Bertz CT molecular complexity index is 8220. The summed E-state index contributed by atoms with van der Waals surface area (Å²) in [7, 11) is 2.55. The number of nitrogens with zero attached hydrogens (tertiary/aromatic N) is 1. The number of rotatable bonds is 8. The van der Waals surface area contributed by atoms with E-state index < -0.39 is 5.41 Å². The molecule has 31 aromatic carbocycles. The van der Waals surface area contributed by atoms with Gasteiger partial charge in [-0.25, -0.2) is 0 Å². The minimum atomic E-state index is -0.403. The fraction of sp³-hybridized carbons (Fsp3) is 0.0833. The molecule has 4 heteroatoms. The molecule has 31 aromatic rings. The van der Waals surface area contributed by atoms with Crippen molar-refractivity contribution in [3.63, 3.8) is 0 Å². The van der Waals surface area contributed by atoms with Crippen LogP contribution < -0.4 is 9.47 Å². The first kappa shape index (κ1) is 36.4. The third kappa shape index (κ3) is 2.32. The number of hydrogen-bond acceptors (Lipinski definition) is 4. The normalized spacial score (nSPS) is 21.3. The number of benzene rings is 21. The second kappa shape index (κ2) is 9.18. The quantitative estimate of drug-likeness (QED) is 0.112. The van der Waals surface area contributed by atoms with Crippen molar-refractivity contribution < 1.29 is 14.3 Å². The highest BCUT2D eigenvalue weighted by atomic mass is 16.5. The highest BCUT2D eigenvalue weighted by molar-refractivity contribution is 6.82. The smallest absolute Gasteiger partial charge is 0.150 e. The molecule has 0 radical (unpaired) electrons. The number of ether oxygens (including phenoxy) is 2. The highest BCUT2D eigenvalue weighted by Gasteiger charge is 2.76. The number of hydrogen-bond donors (Lipinski definition) is 0. The SMILES string of the molecule is CN1CC23c4c5c6c7c8c9c(c%10c%11c2c2c4c4c%12c5c5c6c6c8c8c%13c9c9c%10c%10c%11c%11c2c2c4c4c%12c%12c5c5c6c8c6c8c%13c9c9c%10c%10c%11c2c2c4c4c%12c5c6c5c8c9c%10c2c45)C73C1c1ccc(OCc2ccc(COc3ccc(C=O)cc3)cc2)cc1. The first-order valence-corrected chi connectivity index (χ1v) is 32.1. The van der Waals surface area contributed by atoms with Gasteiger partial charge in [0, 0.05) is 18.2 Å². The van der Waals surface area contributed by atoms with E-state index in [1.807, 2.05) is 12.1 Å². The Morgan fingerprint density at radius 2 is 0.545 bits per heavy atom. The molecule has 1 fully saturated rings. The van der Waals surface area contributed by atoms with Gasteiger partial charge < -0.3 is 9.47 Å². The van der Waals surface area contributed by atoms with Crippen LogP contribution in [0.4, 0.5) is 0 Å². The predicted molar refractivity (Wildman–Crippen MR) is 363 cm³/mol. The average molecular weight is 1090 g/mol. The number of carbonyl (C=O) groups is 1. The maximum atomic E-state index is 11.2. The highest BCUT2D eigenvalue weighted by Crippen LogP contribution is 2.87. The van der Waals surface area contributed by atoms with Crippen LogP contribution in [0, 0.1) is 0 Å². The second-order valence-corrected chi connectivity index (χ2v) is 30.4. The van der Waals surface area contributed by atoms with E-state index in [9.17, 15) is 4.79 Å². The van der Waals surface area contributed by atoms with Crippen LogP contribution in [0.1, 0.15) is 55.3 Å². The molecule has 4 aliphatic carbocycles. The van der Waals surface area contributed by atoms with Gasteiger partial charge in [0.15, 0.2) is 0 Å². The van der Waals surface area contributed by atoms with Crippen molar-refractivity contribution in [3.05, 3.63) is 117 Å². The van der Waals surface area contributed by atoms with Crippen LogP contribution in [0.3, 0.4) is 0 Å². The van der Waals surface area contributed by atoms with Gasteiger partial charge in [-0.1, -0.05) is 36.4 Å². The van der Waals surface area contributed by atoms with E-state index in [0.29, 0.717) is 18.8 Å². The number of likely N-dealkylation sites (N-methyl/N-ethyl adjacent to an activating group) is 1. The lowest BCUT2D eigenvalue weighted by Gasteiger charge is -2.52. The summed E-state index contributed by atoms with van der Waals surface area (Å²) in [6.45, 7) is 1.92. The monoisotopic (exact) mass is 1090 g/mol. The Morgan fingerprint density at radius 1 is 0.318 bits per heavy atom. The van der Waals surface area contributed by atoms with Gasteiger partial charge in [-0.05, 0) is 373 Å². The maximum Gasteiger partial charge on any atom is 0.150 e. The summed E-state index contributed by atoms with van der Waals surface area (Å²) < 4.78 is 12.9. The van der Waals surface area contributed by atoms with Crippen LogP contribution in [0.5, 0.6) is 11.5 Å². The van der Waals surface area contributed by atoms with Crippen molar-refractivity contribution >= 4 is 297 Å². The van der Waals surface area contributed by atoms with E-state index in [4.69, 9.17) is 9.47 Å². The van der Waals surface area contributed by atoms with Crippen LogP contribution in [0.25, 0.3) is 291 Å². The first-order valence-electron chi connectivity index (χ1n) is 32.1. The van der Waals surface area contributed by atoms with Gasteiger partial charge in [0.2, 0.25) is 0 Å². The van der Waals surface area contributed by atoms with Gasteiger partial charge in [0.1, 0.15) is 31.0 Å². The van der Waals surface area contributed by atoms with Gasteiger partial charge in [-0.2, -0.15) is 0 Å². The fourth-order valence-corrected chi connectivity index (χ4v) is 28.0. The van der Waals surface area contributed by atoms with Crippen molar-refractivity contribution in [2.24, 2.45) is 0 Å². The van der Waals surface area contributed by atoms with Crippen molar-refractivity contribution in [1.82, 2.24) is 4.90 Å². The number of carbonyl (C=O) groups excluding carboxylic acids is 1. The van der Waals surface area contributed by atoms with Gasteiger partial charge >= 0.3 is 0 Å². The van der Waals surface area contributed by atoms with Gasteiger partial charge in [0.05, 0.1) is 10.8 Å². The lowest BCUT2D eigenvalue weighted by Crippen LogP contribution is -2.51. The van der Waals surface area contributed by atoms with E-state index in [1.54, 1.807) is 325 Å². The Morgan fingerprint density at radius 3 is 0.795 bits per heavy atom. The molecule has 1 saturated heterocycles. The van der Waals surface area contributed by atoms with Crippen LogP contribution >= 0.6 is 0 Å². The summed E-state index contributed by atoms with van der Waals surface area (Å²) in [5.41, 5.74) is 10.5. The maximum absolute atomic E-state index is 11.2. The molecule has 36 rings (SSSR count). The summed E-state index contributed by atoms with van der Waals surface area (Å²) in [5.74, 6) is 1.66. The average Bonchev–Trinajstić information content (AvgIpc) is 1.38. The van der Waals surface area contributed by atoms with Crippen LogP contribution in [0.15, 0.2) is 72.8 Å². The van der Waals surface area contributed by atoms with Crippen LogP contribution in [-0.4, -0.2) is 24.8 Å². The van der Waals surface area contributed by atoms with Crippen molar-refractivity contribution in [1.29, 1.82) is 0 Å². The third-order valence-electron chi connectivity index (χ3n) is 28.9. The molecular formula is C84H23NO3. The summed E-state index contributed by atoms with van der Waals surface area (Å²) >= 11 is 0. The van der Waals surface area contributed by atoms with Crippen molar-refractivity contribution in [3.8, 4) is 11.5 Å². The molecule has 88 heavy (non-hydrogen) atoms. The third-order valence-corrected chi connectivity index (χ3v) is 28.9. The Balaban J connectivity index is 0.766. The zero-order valence-electron chi connectivity index (χ0n) is 45.9. The molecule has 1 unspecified atom stereocenters. The van der Waals surface area contributed by atoms with E-state index in [2.05, 4.69) is 60.5 Å². The van der Waals surface area contributed by atoms with Crippen molar-refractivity contribution in [2.45, 2.75) is 30.1 Å². The molecule has 1 heterocycles. The molecule has 1 atom stereocenters. The fourth-order valence-electron chi connectivity index (χ4n) is 28.0. The Hall–Kier alpha value is -10.7. The lowest BCUT2D eigenvalue weighted by molar-refractivity contribution is 0.112. The number of likely N-dealkylation sites (tertiary alicyclic amines) is 1. The molecule has 2 spiro atoms. The van der Waals surface area contributed by atoms with Gasteiger partial charge in [-0.3, -0.25) is 9.69 Å². The van der Waals surface area contributed by atoms with E-state index >= 15 is 0 Å². The lowest BCUT2D eigenvalue weighted by atomic mass is 9.47. The molecule has 0 bridgehead atoms. The largest absolute Gasteiger partial charge is 0.489 e. The summed E-state index contributed by atoms with van der Waals surface area (Å²) in [5, 5.41) is 88.9. The van der Waals surface area contributed by atoms with E-state index in [0.717, 1.165) is 35.5 Å². The molecule has 382 valence electrons. The molecule has 0 saturated carbocycles. The predicted octanol–water partition coefficient (Wildman–Crippen LogP) is 21.0. The molecule has 0 amide bonds. The Labute approximate surface area is 485 Å². The van der Waals surface area contributed by atoms with Crippen molar-refractivity contribution in [2.75, 3.05) is 13.6 Å². The van der Waals surface area contributed by atoms with E-state index in [-0.39, 0.29) is 11.5 Å². The molecule has 0 aromatic heterocycles. The van der Waals surface area contributed by atoms with Gasteiger partial charge in [0.25, 0.3) is 0 Å². The second-order valence-electron chi connectivity index (χ2n) is 30.4. The molecule has 5 aliphatic rings. The summed E-state index contributed by atoms with van der Waals surface area (Å²) in [6.07, 6.45) is 0.863. The minimum Gasteiger partial charge on any atom is -0.489 e. The zero-order valence-corrected chi connectivity index (χ0v) is 45.9. The van der Waals surface area contributed by atoms with Crippen LogP contribution in [-0.2, 0) is 24.0 Å². The standard InChI is InChI=1S/C84H23NO3/c1-85-17-83-78-70-62-52-42-34-26-24-25-28-32-30(26)38-46-40(32)50-44-36(28)37-29(25)33-31-27(24)35(34)43-49-39(31)47-41(33)51-45(37)55-54(44)66-60(50)68-58(46)64(56(62)48(38)42)72(78)74(68)80-76(66)77-67(55)61(51)69-59(47)65-57(49)63(53(43)52)71(70)79(83)73(65)75(69)81(77)84(80,83)82(85)21-8-12-23(13-9-21)88-16-20-4-2-19(3-5-20)15-87-22-10-6-18(14-86)7-11-22/h2-14,82H,15-17H2,1H3. The number of aldehydes is 1. The minimum absolute atomic E-state index is 0.0648.